The quantitative estimate of drug-likeness (QED) is 0.412. The maximum atomic E-state index is 10.2. The van der Waals surface area contributed by atoms with Gasteiger partial charge in [-0.1, -0.05) is 0 Å². The second-order valence-corrected chi connectivity index (χ2v) is 2.53. The van der Waals surface area contributed by atoms with E-state index >= 15 is 0 Å². The summed E-state index contributed by atoms with van der Waals surface area (Å²) in [6.07, 6.45) is 2.42. The van der Waals surface area contributed by atoms with Crippen LogP contribution in [0.5, 0.6) is 0 Å². The van der Waals surface area contributed by atoms with Crippen LogP contribution in [0.2, 0.25) is 0 Å². The molecule has 0 fully saturated rings. The Kier molecular flexibility index (Phi) is 5.54. The molecule has 0 aliphatic rings. The fourth-order valence-corrected chi connectivity index (χ4v) is 0.740. The third-order valence-electron chi connectivity index (χ3n) is 1.37. The van der Waals surface area contributed by atoms with Crippen molar-refractivity contribution < 1.29 is 14.6 Å². The first kappa shape index (κ1) is 11.6. The number of hydrogen-bond donors (Lipinski definition) is 3. The number of hydrogen-bond acceptors (Lipinski definition) is 4. The lowest BCUT2D eigenvalue weighted by Gasteiger charge is -2.00. The molecule has 0 rings (SSSR count). The molecule has 0 aromatic heterocycles. The van der Waals surface area contributed by atoms with E-state index in [0.29, 0.717) is 18.7 Å². The van der Waals surface area contributed by atoms with E-state index in [1.54, 1.807) is 7.11 Å². The second-order valence-electron chi connectivity index (χ2n) is 2.53. The summed E-state index contributed by atoms with van der Waals surface area (Å²) in [5.74, 6) is -1.27. The van der Waals surface area contributed by atoms with Crippen molar-refractivity contribution >= 4 is 11.7 Å². The molecule has 13 heavy (non-hydrogen) atoms. The summed E-state index contributed by atoms with van der Waals surface area (Å²) in [4.78, 5) is 10.2. The van der Waals surface area contributed by atoms with Crippen LogP contribution < -0.4 is 5.73 Å². The van der Waals surface area contributed by atoms with Crippen molar-refractivity contribution in [2.75, 3.05) is 13.7 Å². The highest BCUT2D eigenvalue weighted by molar-refractivity contribution is 6.39. The zero-order chi connectivity index (χ0) is 10.3. The molecule has 0 spiro atoms. The van der Waals surface area contributed by atoms with Crippen LogP contribution in [0, 0.1) is 5.41 Å². The lowest BCUT2D eigenvalue weighted by Crippen LogP contribution is -2.11. The predicted molar refractivity (Wildman–Crippen MR) is 48.7 cm³/mol. The highest BCUT2D eigenvalue weighted by Crippen LogP contribution is 1.98. The number of ether oxygens (including phenoxy) is 1. The molecule has 5 nitrogen and oxygen atoms in total. The molecule has 0 aliphatic carbocycles. The molecule has 0 saturated carbocycles. The highest BCUT2D eigenvalue weighted by atomic mass is 16.5. The van der Waals surface area contributed by atoms with Crippen molar-refractivity contribution in [3.63, 3.8) is 0 Å². The number of carbonyl (C=O) groups is 1. The number of aliphatic carboxylic acids is 1. The van der Waals surface area contributed by atoms with Gasteiger partial charge in [0, 0.05) is 19.4 Å². The summed E-state index contributed by atoms with van der Waals surface area (Å²) in [5, 5.41) is 15.3. The van der Waals surface area contributed by atoms with Gasteiger partial charge in [0.15, 0.2) is 0 Å². The summed E-state index contributed by atoms with van der Waals surface area (Å²) in [5.41, 5.74) is 5.36. The molecule has 74 valence electrons. The van der Waals surface area contributed by atoms with E-state index in [2.05, 4.69) is 0 Å². The molecular formula is C8H14N2O3. The van der Waals surface area contributed by atoms with Gasteiger partial charge in [-0.05, 0) is 18.9 Å². The number of nitrogens with two attached hydrogens (primary N) is 1. The van der Waals surface area contributed by atoms with Gasteiger partial charge in [0.25, 0.3) is 0 Å². The van der Waals surface area contributed by atoms with Crippen LogP contribution in [0.15, 0.2) is 11.8 Å². The number of allylic oxidation sites excluding steroid dienone is 1. The Morgan fingerprint density at radius 2 is 2.31 bits per heavy atom. The minimum Gasteiger partial charge on any atom is -0.477 e. The monoisotopic (exact) mass is 186 g/mol. The Bertz CT molecular complexity index is 223. The van der Waals surface area contributed by atoms with Crippen LogP contribution in [0.25, 0.3) is 0 Å². The van der Waals surface area contributed by atoms with Gasteiger partial charge >= 0.3 is 5.97 Å². The topological polar surface area (TPSA) is 96.4 Å². The summed E-state index contributed by atoms with van der Waals surface area (Å²) in [6.45, 7) is 0.578. The van der Waals surface area contributed by atoms with Gasteiger partial charge in [0.1, 0.15) is 5.71 Å². The zero-order valence-corrected chi connectivity index (χ0v) is 7.54. The van der Waals surface area contributed by atoms with E-state index in [1.807, 2.05) is 0 Å². The first-order chi connectivity index (χ1) is 6.07. The van der Waals surface area contributed by atoms with Crippen LogP contribution in [-0.4, -0.2) is 30.5 Å². The fraction of sp³-hybridized carbons (Fsp3) is 0.500. The molecule has 0 aromatic carbocycles. The van der Waals surface area contributed by atoms with E-state index in [1.165, 1.54) is 0 Å². The Balaban J connectivity index is 3.87. The third kappa shape index (κ3) is 5.86. The zero-order valence-electron chi connectivity index (χ0n) is 7.54. The average Bonchev–Trinajstić information content (AvgIpc) is 2.04. The molecular weight excluding hydrogens is 172 g/mol. The van der Waals surface area contributed by atoms with Crippen LogP contribution in [0.1, 0.15) is 12.8 Å². The third-order valence-corrected chi connectivity index (χ3v) is 1.37. The smallest absolute Gasteiger partial charge is 0.353 e. The molecule has 5 heteroatoms. The largest absolute Gasteiger partial charge is 0.477 e. The Morgan fingerprint density at radius 3 is 2.77 bits per heavy atom. The standard InChI is InChI=1S/C8H14N2O3/c1-13-4-2-3-6(9)5-7(10)8(11)12/h5,10H,2-4,9H2,1H3,(H,11,12)/b6-5-,10-7?. The average molecular weight is 186 g/mol. The Hall–Kier alpha value is -1.36. The minimum absolute atomic E-state index is 0.393. The fourth-order valence-electron chi connectivity index (χ4n) is 0.740. The molecule has 0 saturated heterocycles. The van der Waals surface area contributed by atoms with Crippen molar-refractivity contribution in [1.29, 1.82) is 5.41 Å². The van der Waals surface area contributed by atoms with E-state index in [-0.39, 0.29) is 0 Å². The summed E-state index contributed by atoms with van der Waals surface area (Å²) >= 11 is 0. The number of rotatable bonds is 6. The van der Waals surface area contributed by atoms with Gasteiger partial charge in [0.2, 0.25) is 0 Å². The van der Waals surface area contributed by atoms with Crippen LogP contribution in [-0.2, 0) is 9.53 Å². The van der Waals surface area contributed by atoms with E-state index < -0.39 is 11.7 Å². The molecule has 4 N–H and O–H groups in total. The van der Waals surface area contributed by atoms with Crippen molar-refractivity contribution in [2.45, 2.75) is 12.8 Å². The predicted octanol–water partition coefficient (Wildman–Crippen LogP) is 0.360. The normalized spacial score (nSPS) is 11.3. The molecule has 0 bridgehead atoms. The van der Waals surface area contributed by atoms with Crippen molar-refractivity contribution in [3.8, 4) is 0 Å². The summed E-state index contributed by atoms with van der Waals surface area (Å²) < 4.78 is 4.79. The second kappa shape index (κ2) is 6.19. The molecule has 0 aliphatic heterocycles. The van der Waals surface area contributed by atoms with Gasteiger partial charge in [-0.2, -0.15) is 0 Å². The van der Waals surface area contributed by atoms with E-state index in [0.717, 1.165) is 12.5 Å². The van der Waals surface area contributed by atoms with Crippen LogP contribution in [0.3, 0.4) is 0 Å². The maximum Gasteiger partial charge on any atom is 0.353 e. The molecule has 0 atom stereocenters. The lowest BCUT2D eigenvalue weighted by molar-refractivity contribution is -0.129. The molecule has 0 aromatic rings. The molecule has 0 amide bonds. The summed E-state index contributed by atoms with van der Waals surface area (Å²) in [7, 11) is 1.58. The molecule has 0 heterocycles. The van der Waals surface area contributed by atoms with Gasteiger partial charge in [-0.3, -0.25) is 5.41 Å². The molecule has 0 unspecified atom stereocenters. The van der Waals surface area contributed by atoms with Crippen molar-refractivity contribution in [3.05, 3.63) is 11.8 Å². The number of nitrogens with one attached hydrogen (secondary N) is 1. The Labute approximate surface area is 76.7 Å². The maximum absolute atomic E-state index is 10.2. The molecule has 0 radical (unpaired) electrons. The van der Waals surface area contributed by atoms with Crippen LogP contribution >= 0.6 is 0 Å². The number of methoxy groups -OCH3 is 1. The van der Waals surface area contributed by atoms with Gasteiger partial charge in [-0.15, -0.1) is 0 Å². The van der Waals surface area contributed by atoms with E-state index in [9.17, 15) is 4.79 Å². The van der Waals surface area contributed by atoms with Crippen molar-refractivity contribution in [1.82, 2.24) is 0 Å². The Morgan fingerprint density at radius 1 is 1.69 bits per heavy atom. The SMILES string of the molecule is COCCC/C(N)=C/C(=N)C(=O)O. The van der Waals surface area contributed by atoms with Crippen molar-refractivity contribution in [2.24, 2.45) is 5.73 Å². The first-order valence-corrected chi connectivity index (χ1v) is 3.84. The van der Waals surface area contributed by atoms with E-state index in [4.69, 9.17) is 21.0 Å². The number of carboxylic acids is 1. The minimum atomic E-state index is -1.27. The summed E-state index contributed by atoms with van der Waals surface area (Å²) in [6, 6.07) is 0. The van der Waals surface area contributed by atoms with Gasteiger partial charge in [-0.25, -0.2) is 4.79 Å². The first-order valence-electron chi connectivity index (χ1n) is 3.84. The van der Waals surface area contributed by atoms with Gasteiger partial charge in [0.05, 0.1) is 0 Å². The lowest BCUT2D eigenvalue weighted by atomic mass is 10.2. The number of carboxylic acid groups (broad SMARTS) is 1. The van der Waals surface area contributed by atoms with Crippen LogP contribution in [0.4, 0.5) is 0 Å². The highest BCUT2D eigenvalue weighted by Gasteiger charge is 2.03. The van der Waals surface area contributed by atoms with Gasteiger partial charge < -0.3 is 15.6 Å².